The van der Waals surface area contributed by atoms with Gasteiger partial charge in [-0.2, -0.15) is 0 Å². The van der Waals surface area contributed by atoms with Crippen molar-refractivity contribution >= 4 is 24.8 Å². The van der Waals surface area contributed by atoms with Crippen LogP contribution in [0.4, 0.5) is 4.79 Å². The summed E-state index contributed by atoms with van der Waals surface area (Å²) < 4.78 is 7.18. The maximum atomic E-state index is 12.6. The molecule has 3 aromatic carbocycles. The maximum absolute atomic E-state index is 12.6. The Balaban J connectivity index is 1.94. The van der Waals surface area contributed by atoms with Crippen LogP contribution in [-0.2, 0) is 11.0 Å². The molecule has 0 aliphatic rings. The van der Waals surface area contributed by atoms with Gasteiger partial charge in [-0.15, -0.1) is 0 Å². The molecule has 0 bridgehead atoms. The van der Waals surface area contributed by atoms with Crippen molar-refractivity contribution in [3.63, 3.8) is 0 Å². The van der Waals surface area contributed by atoms with Gasteiger partial charge >= 0.3 is 6.09 Å². The zero-order chi connectivity index (χ0) is 27.8. The van der Waals surface area contributed by atoms with Gasteiger partial charge in [0.2, 0.25) is 0 Å². The molecule has 1 amide bonds. The van der Waals surface area contributed by atoms with E-state index in [1.165, 1.54) is 15.9 Å². The summed E-state index contributed by atoms with van der Waals surface area (Å²) in [7, 11) is -2.79. The Kier molecular flexibility index (Phi) is 9.93. The number of nitrogens with one attached hydrogen (secondary N) is 1. The first-order valence-corrected chi connectivity index (χ1v) is 15.4. The van der Waals surface area contributed by atoms with Crippen LogP contribution in [-0.4, -0.2) is 49.1 Å². The standard InChI is InChI=1S/C32H44N2O3Si/c1-31(2,3)34(30(35)36)27(22-23-33-24-26-16-10-7-11-17-26)25-37-38(32(4,5)6,28-18-12-8-13-19-28)29-20-14-9-15-21-29/h7-21,27,33H,22-25H2,1-6H3,(H,35,36)/t27-/m0/s1. The summed E-state index contributed by atoms with van der Waals surface area (Å²) in [5, 5.41) is 16.0. The van der Waals surface area contributed by atoms with Crippen molar-refractivity contribution in [3.8, 4) is 0 Å². The molecule has 5 nitrogen and oxygen atoms in total. The smallest absolute Gasteiger partial charge is 0.408 e. The Morgan fingerprint density at radius 1 is 0.842 bits per heavy atom. The molecule has 0 fully saturated rings. The third kappa shape index (κ3) is 7.13. The van der Waals surface area contributed by atoms with Crippen LogP contribution in [0.5, 0.6) is 0 Å². The topological polar surface area (TPSA) is 61.8 Å². The molecular formula is C32H44N2O3Si. The molecule has 1 atom stereocenters. The molecule has 6 heteroatoms. The zero-order valence-corrected chi connectivity index (χ0v) is 24.8. The molecular weight excluding hydrogens is 488 g/mol. The van der Waals surface area contributed by atoms with Crippen molar-refractivity contribution in [3.05, 3.63) is 96.6 Å². The van der Waals surface area contributed by atoms with Crippen LogP contribution in [0.1, 0.15) is 53.5 Å². The number of amides is 1. The second-order valence-corrected chi connectivity index (χ2v) is 16.2. The quantitative estimate of drug-likeness (QED) is 0.239. The number of hydrogen-bond acceptors (Lipinski definition) is 3. The monoisotopic (exact) mass is 532 g/mol. The van der Waals surface area contributed by atoms with E-state index in [1.54, 1.807) is 4.90 Å². The fourth-order valence-electron chi connectivity index (χ4n) is 5.36. The number of nitrogens with zero attached hydrogens (tertiary/aromatic N) is 1. The van der Waals surface area contributed by atoms with Crippen molar-refractivity contribution in [1.82, 2.24) is 10.2 Å². The van der Waals surface area contributed by atoms with E-state index < -0.39 is 19.9 Å². The largest absolute Gasteiger partial charge is 0.465 e. The summed E-state index contributed by atoms with van der Waals surface area (Å²) in [6.07, 6.45) is -0.272. The van der Waals surface area contributed by atoms with Gasteiger partial charge < -0.3 is 14.8 Å². The molecule has 0 aliphatic heterocycles. The van der Waals surface area contributed by atoms with Crippen LogP contribution < -0.4 is 15.7 Å². The Hall–Kier alpha value is -2.93. The second-order valence-electron chi connectivity index (χ2n) is 11.9. The highest BCUT2D eigenvalue weighted by molar-refractivity contribution is 6.99. The number of rotatable bonds is 11. The van der Waals surface area contributed by atoms with E-state index >= 15 is 0 Å². The lowest BCUT2D eigenvalue weighted by Gasteiger charge is -2.46. The summed E-state index contributed by atoms with van der Waals surface area (Å²) in [5.41, 5.74) is 0.642. The van der Waals surface area contributed by atoms with Gasteiger partial charge in [0.05, 0.1) is 12.6 Å². The molecule has 0 aliphatic carbocycles. The fraction of sp³-hybridized carbons (Fsp3) is 0.406. The molecule has 0 radical (unpaired) electrons. The van der Waals surface area contributed by atoms with Crippen LogP contribution >= 0.6 is 0 Å². The summed E-state index contributed by atoms with van der Waals surface area (Å²) in [5.74, 6) is 0. The normalized spacial score (nSPS) is 13.2. The predicted molar refractivity (Wildman–Crippen MR) is 160 cm³/mol. The van der Waals surface area contributed by atoms with E-state index in [0.29, 0.717) is 19.6 Å². The molecule has 3 aromatic rings. The van der Waals surface area contributed by atoms with E-state index in [0.717, 1.165) is 6.54 Å². The van der Waals surface area contributed by atoms with Gasteiger partial charge in [-0.3, -0.25) is 4.90 Å². The first-order chi connectivity index (χ1) is 18.0. The third-order valence-corrected chi connectivity index (χ3v) is 12.0. The lowest BCUT2D eigenvalue weighted by atomic mass is 10.0. The van der Waals surface area contributed by atoms with Crippen LogP contribution in [0.2, 0.25) is 5.04 Å². The minimum atomic E-state index is -2.79. The second kappa shape index (κ2) is 12.7. The van der Waals surface area contributed by atoms with Crippen molar-refractivity contribution < 1.29 is 14.3 Å². The first-order valence-electron chi connectivity index (χ1n) is 13.5. The molecule has 0 saturated heterocycles. The van der Waals surface area contributed by atoms with Gasteiger partial charge in [-0.05, 0) is 54.7 Å². The highest BCUT2D eigenvalue weighted by Crippen LogP contribution is 2.37. The van der Waals surface area contributed by atoms with Crippen molar-refractivity contribution in [2.75, 3.05) is 13.2 Å². The lowest BCUT2D eigenvalue weighted by molar-refractivity contribution is 0.0462. The molecule has 3 rings (SSSR count). The van der Waals surface area contributed by atoms with E-state index in [9.17, 15) is 9.90 Å². The highest BCUT2D eigenvalue weighted by Gasteiger charge is 2.51. The van der Waals surface area contributed by atoms with E-state index in [2.05, 4.69) is 86.8 Å². The summed E-state index contributed by atoms with van der Waals surface area (Å²) in [6, 6.07) is 30.9. The molecule has 0 saturated carbocycles. The average Bonchev–Trinajstić information content (AvgIpc) is 2.87. The van der Waals surface area contributed by atoms with Crippen molar-refractivity contribution in [1.29, 1.82) is 0 Å². The predicted octanol–water partition coefficient (Wildman–Crippen LogP) is 5.89. The van der Waals surface area contributed by atoms with Crippen LogP contribution in [0, 0.1) is 0 Å². The van der Waals surface area contributed by atoms with Crippen molar-refractivity contribution in [2.45, 2.75) is 71.1 Å². The fourth-order valence-corrected chi connectivity index (χ4v) is 9.96. The molecule has 204 valence electrons. The maximum Gasteiger partial charge on any atom is 0.408 e. The Labute approximate surface area is 230 Å². The van der Waals surface area contributed by atoms with E-state index in [-0.39, 0.29) is 11.1 Å². The number of benzene rings is 3. The Morgan fingerprint density at radius 2 is 1.32 bits per heavy atom. The van der Waals surface area contributed by atoms with E-state index in [4.69, 9.17) is 4.43 Å². The summed E-state index contributed by atoms with van der Waals surface area (Å²) in [6.45, 7) is 14.3. The van der Waals surface area contributed by atoms with Gasteiger partial charge in [-0.1, -0.05) is 112 Å². The van der Waals surface area contributed by atoms with Gasteiger partial charge in [0.15, 0.2) is 0 Å². The molecule has 0 aromatic heterocycles. The number of hydrogen-bond donors (Lipinski definition) is 2. The molecule has 0 unspecified atom stereocenters. The summed E-state index contributed by atoms with van der Waals surface area (Å²) in [4.78, 5) is 14.1. The van der Waals surface area contributed by atoms with Gasteiger partial charge in [0.25, 0.3) is 8.32 Å². The average molecular weight is 533 g/mol. The molecule has 38 heavy (non-hydrogen) atoms. The molecule has 0 heterocycles. The van der Waals surface area contributed by atoms with Crippen molar-refractivity contribution in [2.24, 2.45) is 0 Å². The third-order valence-electron chi connectivity index (χ3n) is 7.03. The number of carboxylic acid groups (broad SMARTS) is 1. The number of carbonyl (C=O) groups is 1. The van der Waals surface area contributed by atoms with Crippen LogP contribution in [0.3, 0.4) is 0 Å². The minimum Gasteiger partial charge on any atom is -0.465 e. The zero-order valence-electron chi connectivity index (χ0n) is 23.8. The van der Waals surface area contributed by atoms with Gasteiger partial charge in [0.1, 0.15) is 0 Å². The SMILES string of the molecule is CC(C)(C)N(C(=O)O)[C@@H](CCNCc1ccccc1)CO[Si](c1ccccc1)(c1ccccc1)C(C)(C)C. The van der Waals surface area contributed by atoms with Gasteiger partial charge in [-0.25, -0.2) is 4.79 Å². The summed E-state index contributed by atoms with van der Waals surface area (Å²) >= 11 is 0. The molecule has 2 N–H and O–H groups in total. The van der Waals surface area contributed by atoms with Crippen LogP contribution in [0.25, 0.3) is 0 Å². The highest BCUT2D eigenvalue weighted by atomic mass is 28.4. The Bertz CT molecular complexity index is 1090. The van der Waals surface area contributed by atoms with Gasteiger partial charge in [0, 0.05) is 12.1 Å². The minimum absolute atomic E-state index is 0.179. The van der Waals surface area contributed by atoms with E-state index in [1.807, 2.05) is 51.1 Å². The molecule has 0 spiro atoms. The lowest BCUT2D eigenvalue weighted by Crippen LogP contribution is -2.68. The van der Waals surface area contributed by atoms with Crippen LogP contribution in [0.15, 0.2) is 91.0 Å². The first kappa shape index (κ1) is 29.6. The Morgan fingerprint density at radius 3 is 1.74 bits per heavy atom.